The Morgan fingerprint density at radius 2 is 2.25 bits per heavy atom. The topological polar surface area (TPSA) is 122 Å². The molecule has 1 unspecified atom stereocenters. The lowest BCUT2D eigenvalue weighted by Gasteiger charge is -2.15. The molecular weight excluding hydrogens is 212 g/mol. The first-order valence-electron chi connectivity index (χ1n) is 5.11. The number of unbranched alkanes of at least 4 members (excludes halogenated alkanes) is 1. The van der Waals surface area contributed by atoms with Gasteiger partial charge in [-0.3, -0.25) is 14.5 Å². The normalized spacial score (nSPS) is 17.4. The Labute approximate surface area is 93.1 Å². The summed E-state index contributed by atoms with van der Waals surface area (Å²) in [6.07, 6.45) is 1.71. The summed E-state index contributed by atoms with van der Waals surface area (Å²) in [6.45, 7) is 0.584. The molecule has 0 spiro atoms. The van der Waals surface area contributed by atoms with E-state index in [1.54, 1.807) is 0 Å². The molecule has 1 rings (SSSR count). The Kier molecular flexibility index (Phi) is 4.24. The Bertz CT molecular complexity index is 316. The maximum Gasteiger partial charge on any atom is 0.320 e. The Hall–Kier alpha value is -1.63. The lowest BCUT2D eigenvalue weighted by Crippen LogP contribution is -2.38. The van der Waals surface area contributed by atoms with E-state index >= 15 is 0 Å². The van der Waals surface area contributed by atoms with Gasteiger partial charge in [0.25, 0.3) is 5.91 Å². The number of aliphatic carboxylic acids is 1. The minimum absolute atomic E-state index is 0.111. The summed E-state index contributed by atoms with van der Waals surface area (Å²) in [5, 5.41) is 8.55. The number of carbonyl (C=O) groups excluding carboxylic acids is 1. The van der Waals surface area contributed by atoms with Crippen LogP contribution in [0.1, 0.15) is 19.3 Å². The lowest BCUT2D eigenvalue weighted by molar-refractivity contribution is -0.138. The Morgan fingerprint density at radius 3 is 2.75 bits per heavy atom. The fourth-order valence-electron chi connectivity index (χ4n) is 1.44. The third-order valence-electron chi connectivity index (χ3n) is 2.42. The first-order chi connectivity index (χ1) is 7.52. The van der Waals surface area contributed by atoms with Gasteiger partial charge in [0, 0.05) is 6.54 Å². The van der Waals surface area contributed by atoms with Crippen molar-refractivity contribution in [3.63, 3.8) is 0 Å². The number of carboxylic acids is 1. The highest BCUT2D eigenvalue weighted by Crippen LogP contribution is 2.05. The van der Waals surface area contributed by atoms with Crippen LogP contribution in [0.15, 0.2) is 4.99 Å². The number of aliphatic imine (C=N–C) groups is 1. The van der Waals surface area contributed by atoms with Crippen molar-refractivity contribution in [2.75, 3.05) is 13.1 Å². The Morgan fingerprint density at radius 1 is 1.56 bits per heavy atom. The maximum atomic E-state index is 11.2. The maximum absolute atomic E-state index is 11.2. The van der Waals surface area contributed by atoms with E-state index < -0.39 is 12.0 Å². The van der Waals surface area contributed by atoms with E-state index in [0.29, 0.717) is 25.8 Å². The number of hydrogen-bond donors (Lipinski definition) is 3. The zero-order valence-electron chi connectivity index (χ0n) is 8.93. The summed E-state index contributed by atoms with van der Waals surface area (Å²) in [4.78, 5) is 26.9. The molecule has 0 saturated heterocycles. The van der Waals surface area contributed by atoms with Gasteiger partial charge in [0.15, 0.2) is 5.96 Å². The number of amides is 1. The molecule has 0 aromatic rings. The fourth-order valence-corrected chi connectivity index (χ4v) is 1.44. The van der Waals surface area contributed by atoms with E-state index in [9.17, 15) is 9.59 Å². The number of nitrogens with two attached hydrogens (primary N) is 2. The van der Waals surface area contributed by atoms with Crippen LogP contribution in [0.25, 0.3) is 0 Å². The summed E-state index contributed by atoms with van der Waals surface area (Å²) in [6, 6.07) is -0.833. The van der Waals surface area contributed by atoms with Gasteiger partial charge >= 0.3 is 5.97 Å². The van der Waals surface area contributed by atoms with Gasteiger partial charge in [-0.2, -0.15) is 0 Å². The molecule has 90 valence electrons. The summed E-state index contributed by atoms with van der Waals surface area (Å²) in [5.41, 5.74) is 10.8. The molecule has 1 aliphatic rings. The first-order valence-corrected chi connectivity index (χ1v) is 5.11. The van der Waals surface area contributed by atoms with Crippen LogP contribution in [-0.2, 0) is 9.59 Å². The van der Waals surface area contributed by atoms with Crippen molar-refractivity contribution in [3.8, 4) is 0 Å². The van der Waals surface area contributed by atoms with Crippen LogP contribution in [0.2, 0.25) is 0 Å². The van der Waals surface area contributed by atoms with E-state index in [-0.39, 0.29) is 18.4 Å². The molecule has 0 aliphatic carbocycles. The number of guanidine groups is 1. The first kappa shape index (κ1) is 12.4. The van der Waals surface area contributed by atoms with Crippen LogP contribution in [-0.4, -0.2) is 47.0 Å². The average molecular weight is 228 g/mol. The van der Waals surface area contributed by atoms with Gasteiger partial charge < -0.3 is 16.6 Å². The summed E-state index contributed by atoms with van der Waals surface area (Å²) in [5.74, 6) is -0.870. The van der Waals surface area contributed by atoms with Crippen LogP contribution < -0.4 is 11.5 Å². The van der Waals surface area contributed by atoms with Crippen molar-refractivity contribution >= 4 is 17.8 Å². The van der Waals surface area contributed by atoms with Crippen molar-refractivity contribution in [1.29, 1.82) is 0 Å². The van der Waals surface area contributed by atoms with Crippen molar-refractivity contribution < 1.29 is 14.7 Å². The van der Waals surface area contributed by atoms with Crippen molar-refractivity contribution in [1.82, 2.24) is 4.90 Å². The van der Waals surface area contributed by atoms with Crippen molar-refractivity contribution in [3.05, 3.63) is 0 Å². The molecule has 0 fully saturated rings. The van der Waals surface area contributed by atoms with Crippen LogP contribution in [0.3, 0.4) is 0 Å². The second-order valence-electron chi connectivity index (χ2n) is 3.66. The molecule has 16 heavy (non-hydrogen) atoms. The van der Waals surface area contributed by atoms with E-state index in [1.807, 2.05) is 0 Å². The SMILES string of the molecule is NC1=NCC(=O)N1CCCCC(N)C(=O)O. The standard InChI is InChI=1S/C9H16N4O3/c10-6(8(15)16)3-1-2-4-13-7(14)5-12-9(13)11/h6H,1-5,10H2,(H2,11,12)(H,15,16). The zero-order valence-corrected chi connectivity index (χ0v) is 8.93. The predicted octanol–water partition coefficient (Wildman–Crippen LogP) is -1.27. The molecule has 0 bridgehead atoms. The van der Waals surface area contributed by atoms with Gasteiger partial charge in [0.1, 0.15) is 12.6 Å². The number of carbonyl (C=O) groups is 2. The summed E-state index contributed by atoms with van der Waals surface area (Å²) >= 11 is 0. The molecule has 0 aromatic carbocycles. The molecular formula is C9H16N4O3. The van der Waals surface area contributed by atoms with Crippen molar-refractivity contribution in [2.45, 2.75) is 25.3 Å². The van der Waals surface area contributed by atoms with Gasteiger partial charge in [0.05, 0.1) is 0 Å². The molecule has 0 saturated carbocycles. The van der Waals surface area contributed by atoms with E-state index in [2.05, 4.69) is 4.99 Å². The highest BCUT2D eigenvalue weighted by atomic mass is 16.4. The average Bonchev–Trinajstić information content (AvgIpc) is 2.54. The number of carboxylic acid groups (broad SMARTS) is 1. The minimum Gasteiger partial charge on any atom is -0.480 e. The Balaban J connectivity index is 2.19. The molecule has 1 amide bonds. The number of rotatable bonds is 6. The highest BCUT2D eigenvalue weighted by molar-refractivity contribution is 6.02. The molecule has 1 heterocycles. The zero-order chi connectivity index (χ0) is 12.1. The largest absolute Gasteiger partial charge is 0.480 e. The van der Waals surface area contributed by atoms with Crippen LogP contribution in [0.5, 0.6) is 0 Å². The molecule has 5 N–H and O–H groups in total. The van der Waals surface area contributed by atoms with E-state index in [4.69, 9.17) is 16.6 Å². The van der Waals surface area contributed by atoms with Crippen LogP contribution in [0, 0.1) is 0 Å². The summed E-state index contributed by atoms with van der Waals surface area (Å²) < 4.78 is 0. The minimum atomic E-state index is -1.00. The second kappa shape index (κ2) is 5.45. The van der Waals surface area contributed by atoms with E-state index in [1.165, 1.54) is 4.90 Å². The fraction of sp³-hybridized carbons (Fsp3) is 0.667. The molecule has 0 aromatic heterocycles. The number of nitrogens with zero attached hydrogens (tertiary/aromatic N) is 2. The van der Waals surface area contributed by atoms with Gasteiger partial charge in [-0.25, -0.2) is 4.99 Å². The predicted molar refractivity (Wildman–Crippen MR) is 57.7 cm³/mol. The molecule has 0 radical (unpaired) electrons. The lowest BCUT2D eigenvalue weighted by atomic mass is 10.1. The van der Waals surface area contributed by atoms with E-state index in [0.717, 1.165) is 0 Å². The molecule has 1 aliphatic heterocycles. The molecule has 7 nitrogen and oxygen atoms in total. The van der Waals surface area contributed by atoms with Crippen LogP contribution >= 0.6 is 0 Å². The number of hydrogen-bond acceptors (Lipinski definition) is 5. The van der Waals surface area contributed by atoms with Gasteiger partial charge in [-0.15, -0.1) is 0 Å². The highest BCUT2D eigenvalue weighted by Gasteiger charge is 2.22. The summed E-state index contributed by atoms with van der Waals surface area (Å²) in [7, 11) is 0. The van der Waals surface area contributed by atoms with Gasteiger partial charge in [0.2, 0.25) is 0 Å². The van der Waals surface area contributed by atoms with Crippen LogP contribution in [0.4, 0.5) is 0 Å². The second-order valence-corrected chi connectivity index (χ2v) is 3.66. The molecule has 7 heteroatoms. The van der Waals surface area contributed by atoms with Gasteiger partial charge in [-0.05, 0) is 19.3 Å². The monoisotopic (exact) mass is 228 g/mol. The third kappa shape index (κ3) is 3.20. The molecule has 1 atom stereocenters. The third-order valence-corrected chi connectivity index (χ3v) is 2.42. The smallest absolute Gasteiger partial charge is 0.320 e. The van der Waals surface area contributed by atoms with Crippen molar-refractivity contribution in [2.24, 2.45) is 16.5 Å². The van der Waals surface area contributed by atoms with Gasteiger partial charge in [-0.1, -0.05) is 0 Å². The quantitative estimate of drug-likeness (QED) is 0.489.